The van der Waals surface area contributed by atoms with E-state index in [9.17, 15) is 0 Å². The van der Waals surface area contributed by atoms with Crippen molar-refractivity contribution in [3.05, 3.63) is 29.3 Å². The highest BCUT2D eigenvalue weighted by molar-refractivity contribution is 7.18. The van der Waals surface area contributed by atoms with E-state index in [2.05, 4.69) is 36.5 Å². The van der Waals surface area contributed by atoms with Crippen LogP contribution in [0.2, 0.25) is 0 Å². The van der Waals surface area contributed by atoms with E-state index >= 15 is 0 Å². The Hall–Kier alpha value is -0.930. The zero-order valence-electron chi connectivity index (χ0n) is 11.6. The normalized spacial score (nSPS) is 16.9. The first-order chi connectivity index (χ1) is 9.35. The molecule has 1 aromatic heterocycles. The maximum absolute atomic E-state index is 4.77. The second kappa shape index (κ2) is 6.02. The molecule has 3 rings (SSSR count). The van der Waals surface area contributed by atoms with Gasteiger partial charge in [0.2, 0.25) is 0 Å². The maximum atomic E-state index is 4.77. The molecular weight excluding hydrogens is 252 g/mol. The summed E-state index contributed by atoms with van der Waals surface area (Å²) in [5, 5.41) is 4.99. The third-order valence-electron chi connectivity index (χ3n) is 3.76. The summed E-state index contributed by atoms with van der Waals surface area (Å²) < 4.78 is 1.32. The summed E-state index contributed by atoms with van der Waals surface area (Å²) in [5.41, 5.74) is 1.16. The maximum Gasteiger partial charge on any atom is 0.0954 e. The van der Waals surface area contributed by atoms with E-state index in [1.54, 1.807) is 0 Å². The van der Waals surface area contributed by atoms with Crippen molar-refractivity contribution in [2.45, 2.75) is 45.1 Å². The summed E-state index contributed by atoms with van der Waals surface area (Å²) in [5.74, 6) is 0.976. The van der Waals surface area contributed by atoms with Gasteiger partial charge in [0.1, 0.15) is 0 Å². The summed E-state index contributed by atoms with van der Waals surface area (Å²) in [7, 11) is 0. The Balaban J connectivity index is 1.68. The van der Waals surface area contributed by atoms with Crippen molar-refractivity contribution >= 4 is 21.6 Å². The predicted molar refractivity (Wildman–Crippen MR) is 82.7 cm³/mol. The molecule has 1 aliphatic carbocycles. The van der Waals surface area contributed by atoms with Gasteiger partial charge in [-0.15, -0.1) is 11.3 Å². The molecule has 0 amide bonds. The molecule has 0 spiro atoms. The van der Waals surface area contributed by atoms with Crippen molar-refractivity contribution in [1.82, 2.24) is 10.3 Å². The molecule has 1 aliphatic rings. The molecule has 19 heavy (non-hydrogen) atoms. The number of benzene rings is 1. The molecule has 1 N–H and O–H groups in total. The third kappa shape index (κ3) is 3.54. The van der Waals surface area contributed by atoms with Crippen LogP contribution >= 0.6 is 11.3 Å². The Morgan fingerprint density at radius 3 is 2.95 bits per heavy atom. The van der Waals surface area contributed by atoms with Crippen LogP contribution in [0.3, 0.4) is 0 Å². The molecule has 102 valence electrons. The van der Waals surface area contributed by atoms with E-state index < -0.39 is 0 Å². The SMILES string of the molecule is CCCNC(Cc1nc2ccccc2s1)CC1CC1. The molecular formula is C16H22N2S. The molecule has 1 unspecified atom stereocenters. The third-order valence-corrected chi connectivity index (χ3v) is 4.82. The lowest BCUT2D eigenvalue weighted by molar-refractivity contribution is 0.454. The molecule has 1 saturated carbocycles. The number of hydrogen-bond acceptors (Lipinski definition) is 3. The smallest absolute Gasteiger partial charge is 0.0954 e. The number of aromatic nitrogens is 1. The van der Waals surface area contributed by atoms with Crippen molar-refractivity contribution in [3.8, 4) is 0 Å². The van der Waals surface area contributed by atoms with E-state index in [1.807, 2.05) is 11.3 Å². The second-order valence-electron chi connectivity index (χ2n) is 5.61. The van der Waals surface area contributed by atoms with Crippen molar-refractivity contribution < 1.29 is 0 Å². The van der Waals surface area contributed by atoms with Gasteiger partial charge in [-0.2, -0.15) is 0 Å². The Bertz CT molecular complexity index is 497. The number of nitrogens with zero attached hydrogens (tertiary/aromatic N) is 1. The van der Waals surface area contributed by atoms with Crippen molar-refractivity contribution in [1.29, 1.82) is 0 Å². The molecule has 2 aromatic rings. The van der Waals surface area contributed by atoms with Crippen molar-refractivity contribution in [2.24, 2.45) is 5.92 Å². The van der Waals surface area contributed by atoms with Crippen molar-refractivity contribution in [2.75, 3.05) is 6.54 Å². The lowest BCUT2D eigenvalue weighted by atomic mass is 10.1. The van der Waals surface area contributed by atoms with Crippen LogP contribution < -0.4 is 5.32 Å². The molecule has 0 radical (unpaired) electrons. The van der Waals surface area contributed by atoms with Crippen LogP contribution in [-0.4, -0.2) is 17.6 Å². The van der Waals surface area contributed by atoms with Gasteiger partial charge in [0.05, 0.1) is 15.2 Å². The van der Waals surface area contributed by atoms with Gasteiger partial charge >= 0.3 is 0 Å². The quantitative estimate of drug-likeness (QED) is 0.825. The summed E-state index contributed by atoms with van der Waals surface area (Å²) in [6.07, 6.45) is 6.50. The molecule has 3 heteroatoms. The largest absolute Gasteiger partial charge is 0.314 e. The van der Waals surface area contributed by atoms with Gasteiger partial charge < -0.3 is 5.32 Å². The number of nitrogens with one attached hydrogen (secondary N) is 1. The first kappa shape index (κ1) is 13.1. The summed E-state index contributed by atoms with van der Waals surface area (Å²) in [6.45, 7) is 3.36. The van der Waals surface area contributed by atoms with Gasteiger partial charge in [0, 0.05) is 12.5 Å². The van der Waals surface area contributed by atoms with Gasteiger partial charge in [-0.3, -0.25) is 0 Å². The Labute approximate surface area is 119 Å². The first-order valence-electron chi connectivity index (χ1n) is 7.43. The molecule has 0 aliphatic heterocycles. The topological polar surface area (TPSA) is 24.9 Å². The number of rotatable bonds is 7. The highest BCUT2D eigenvalue weighted by Crippen LogP contribution is 2.34. The van der Waals surface area contributed by atoms with Crippen LogP contribution in [0.15, 0.2) is 24.3 Å². The molecule has 1 heterocycles. The number of hydrogen-bond donors (Lipinski definition) is 1. The standard InChI is InChI=1S/C16H22N2S/c1-2-9-17-13(10-12-7-8-12)11-16-18-14-5-3-4-6-15(14)19-16/h3-6,12-13,17H,2,7-11H2,1H3. The van der Waals surface area contributed by atoms with Crippen LogP contribution in [0.1, 0.15) is 37.6 Å². The fourth-order valence-corrected chi connectivity index (χ4v) is 3.61. The predicted octanol–water partition coefficient (Wildman–Crippen LogP) is 4.01. The highest BCUT2D eigenvalue weighted by Gasteiger charge is 2.25. The minimum atomic E-state index is 0.619. The van der Waals surface area contributed by atoms with E-state index in [0.29, 0.717) is 6.04 Å². The zero-order valence-corrected chi connectivity index (χ0v) is 12.4. The first-order valence-corrected chi connectivity index (χ1v) is 8.24. The molecule has 0 bridgehead atoms. The molecule has 2 nitrogen and oxygen atoms in total. The average molecular weight is 274 g/mol. The lowest BCUT2D eigenvalue weighted by Crippen LogP contribution is -2.32. The summed E-state index contributed by atoms with van der Waals surface area (Å²) >= 11 is 1.86. The van der Waals surface area contributed by atoms with E-state index in [4.69, 9.17) is 4.98 Å². The monoisotopic (exact) mass is 274 g/mol. The van der Waals surface area contributed by atoms with Crippen LogP contribution in [0.4, 0.5) is 0 Å². The minimum absolute atomic E-state index is 0.619. The number of fused-ring (bicyclic) bond motifs is 1. The Morgan fingerprint density at radius 1 is 1.37 bits per heavy atom. The van der Waals surface area contributed by atoms with Crippen molar-refractivity contribution in [3.63, 3.8) is 0 Å². The van der Waals surface area contributed by atoms with Crippen LogP contribution in [-0.2, 0) is 6.42 Å². The van der Waals surface area contributed by atoms with Gasteiger partial charge in [-0.1, -0.05) is 31.9 Å². The average Bonchev–Trinajstić information content (AvgIpc) is 3.13. The summed E-state index contributed by atoms with van der Waals surface area (Å²) in [4.78, 5) is 4.77. The van der Waals surface area contributed by atoms with Crippen LogP contribution in [0, 0.1) is 5.92 Å². The van der Waals surface area contributed by atoms with Crippen LogP contribution in [0.5, 0.6) is 0 Å². The molecule has 1 aromatic carbocycles. The zero-order chi connectivity index (χ0) is 13.1. The Morgan fingerprint density at radius 2 is 2.21 bits per heavy atom. The van der Waals surface area contributed by atoms with Gasteiger partial charge in [0.15, 0.2) is 0 Å². The fourth-order valence-electron chi connectivity index (χ4n) is 2.56. The lowest BCUT2D eigenvalue weighted by Gasteiger charge is -2.16. The van der Waals surface area contributed by atoms with E-state index in [-0.39, 0.29) is 0 Å². The molecule has 1 fully saturated rings. The molecule has 0 saturated heterocycles. The fraction of sp³-hybridized carbons (Fsp3) is 0.562. The highest BCUT2D eigenvalue weighted by atomic mass is 32.1. The van der Waals surface area contributed by atoms with E-state index in [1.165, 1.54) is 35.4 Å². The summed E-state index contributed by atoms with van der Waals surface area (Å²) in [6, 6.07) is 9.08. The van der Waals surface area contributed by atoms with Crippen LogP contribution in [0.25, 0.3) is 10.2 Å². The number of para-hydroxylation sites is 1. The van der Waals surface area contributed by atoms with Gasteiger partial charge in [-0.25, -0.2) is 4.98 Å². The van der Waals surface area contributed by atoms with Gasteiger partial charge in [0.25, 0.3) is 0 Å². The van der Waals surface area contributed by atoms with E-state index in [0.717, 1.165) is 24.4 Å². The number of thiazole rings is 1. The minimum Gasteiger partial charge on any atom is -0.314 e. The molecule has 1 atom stereocenters. The Kier molecular flexibility index (Phi) is 4.14. The second-order valence-corrected chi connectivity index (χ2v) is 6.72. The van der Waals surface area contributed by atoms with Gasteiger partial charge in [-0.05, 0) is 37.4 Å².